The van der Waals surface area contributed by atoms with Crippen LogP contribution in [0.15, 0.2) is 0 Å². The Morgan fingerprint density at radius 3 is 2.38 bits per heavy atom. The molecule has 1 atom stereocenters. The topological polar surface area (TPSA) is 57.6 Å². The number of carbonyl (C=O) groups is 2. The number of amides is 2. The van der Waals surface area contributed by atoms with Gasteiger partial charge in [-0.1, -0.05) is 0 Å². The normalized spacial score (nSPS) is 19.7. The van der Waals surface area contributed by atoms with E-state index in [9.17, 15) is 9.59 Å². The maximum Gasteiger partial charge on any atom is 0.229 e. The van der Waals surface area contributed by atoms with Crippen molar-refractivity contribution in [1.29, 1.82) is 0 Å². The Hall–Kier alpha value is -0.900. The van der Waals surface area contributed by atoms with Crippen LogP contribution in [0.1, 0.15) is 32.6 Å². The molecule has 1 heterocycles. The number of hydrogen-bond donors (Lipinski definition) is 1. The van der Waals surface area contributed by atoms with E-state index in [2.05, 4.69) is 0 Å². The highest BCUT2D eigenvalue weighted by atomic mass is 16.3. The monoisotopic (exact) mass is 185 g/mol. The molecule has 1 aliphatic heterocycles. The third-order valence-electron chi connectivity index (χ3n) is 2.31. The minimum Gasteiger partial charge on any atom is -0.396 e. The zero-order valence-electron chi connectivity index (χ0n) is 7.82. The Morgan fingerprint density at radius 2 is 1.92 bits per heavy atom. The Labute approximate surface area is 77.5 Å². The van der Waals surface area contributed by atoms with Crippen LogP contribution in [0.2, 0.25) is 0 Å². The lowest BCUT2D eigenvalue weighted by Crippen LogP contribution is -2.37. The summed E-state index contributed by atoms with van der Waals surface area (Å²) in [6, 6.07) is -0.0605. The van der Waals surface area contributed by atoms with Crippen molar-refractivity contribution in [3.63, 3.8) is 0 Å². The Bertz CT molecular complexity index is 199. The smallest absolute Gasteiger partial charge is 0.229 e. The van der Waals surface area contributed by atoms with Crippen molar-refractivity contribution < 1.29 is 14.7 Å². The molecule has 0 bridgehead atoms. The van der Waals surface area contributed by atoms with Crippen molar-refractivity contribution in [1.82, 2.24) is 4.90 Å². The molecule has 0 radical (unpaired) electrons. The van der Waals surface area contributed by atoms with Crippen molar-refractivity contribution in [2.24, 2.45) is 0 Å². The lowest BCUT2D eigenvalue weighted by Gasteiger charge is -2.21. The van der Waals surface area contributed by atoms with Crippen LogP contribution in [-0.2, 0) is 9.59 Å². The van der Waals surface area contributed by atoms with Gasteiger partial charge in [0.2, 0.25) is 11.8 Å². The highest BCUT2D eigenvalue weighted by Gasteiger charge is 2.32. The molecule has 2 amide bonds. The number of likely N-dealkylation sites (tertiary alicyclic amines) is 1. The van der Waals surface area contributed by atoms with Crippen LogP contribution in [0.4, 0.5) is 0 Å². The van der Waals surface area contributed by atoms with E-state index >= 15 is 0 Å². The standard InChI is InChI=1S/C9H15NO3/c1-7(3-2-6-11)10-8(12)4-5-9(10)13/h7,11H,2-6H2,1H3. The summed E-state index contributed by atoms with van der Waals surface area (Å²) in [6.07, 6.45) is 2.02. The summed E-state index contributed by atoms with van der Waals surface area (Å²) in [5.74, 6) is -0.147. The van der Waals surface area contributed by atoms with Gasteiger partial charge in [-0.15, -0.1) is 0 Å². The molecule has 1 saturated heterocycles. The molecule has 1 aliphatic rings. The minimum atomic E-state index is -0.0737. The average Bonchev–Trinajstić information content (AvgIpc) is 2.42. The summed E-state index contributed by atoms with van der Waals surface area (Å²) >= 11 is 0. The molecule has 1 rings (SSSR count). The molecular weight excluding hydrogens is 170 g/mol. The first-order valence-corrected chi connectivity index (χ1v) is 4.62. The zero-order valence-corrected chi connectivity index (χ0v) is 7.82. The van der Waals surface area contributed by atoms with Crippen LogP contribution in [0, 0.1) is 0 Å². The van der Waals surface area contributed by atoms with Crippen LogP contribution < -0.4 is 0 Å². The third kappa shape index (κ3) is 2.28. The fourth-order valence-corrected chi connectivity index (χ4v) is 1.60. The van der Waals surface area contributed by atoms with E-state index in [0.29, 0.717) is 25.7 Å². The summed E-state index contributed by atoms with van der Waals surface area (Å²) in [5.41, 5.74) is 0. The van der Waals surface area contributed by atoms with E-state index in [4.69, 9.17) is 5.11 Å². The summed E-state index contributed by atoms with van der Waals surface area (Å²) < 4.78 is 0. The second-order valence-corrected chi connectivity index (χ2v) is 3.37. The number of rotatable bonds is 4. The van der Waals surface area contributed by atoms with E-state index in [-0.39, 0.29) is 24.5 Å². The fourth-order valence-electron chi connectivity index (χ4n) is 1.60. The average molecular weight is 185 g/mol. The lowest BCUT2D eigenvalue weighted by atomic mass is 10.1. The van der Waals surface area contributed by atoms with Crippen LogP contribution in [0.25, 0.3) is 0 Å². The number of carbonyl (C=O) groups excluding carboxylic acids is 2. The lowest BCUT2D eigenvalue weighted by molar-refractivity contribution is -0.140. The molecule has 1 fully saturated rings. The quantitative estimate of drug-likeness (QED) is 0.641. The number of imide groups is 1. The van der Waals surface area contributed by atoms with Gasteiger partial charge < -0.3 is 5.11 Å². The molecule has 0 aromatic heterocycles. The SMILES string of the molecule is CC(CCCO)N1C(=O)CCC1=O. The molecule has 13 heavy (non-hydrogen) atoms. The van der Waals surface area contributed by atoms with E-state index in [1.165, 1.54) is 4.90 Å². The predicted molar refractivity (Wildman–Crippen MR) is 46.9 cm³/mol. The van der Waals surface area contributed by atoms with Gasteiger partial charge in [-0.2, -0.15) is 0 Å². The summed E-state index contributed by atoms with van der Waals surface area (Å²) in [6.45, 7) is 1.96. The maximum absolute atomic E-state index is 11.2. The largest absolute Gasteiger partial charge is 0.396 e. The first-order chi connectivity index (χ1) is 6.16. The van der Waals surface area contributed by atoms with Gasteiger partial charge in [0.25, 0.3) is 0 Å². The molecule has 74 valence electrons. The second-order valence-electron chi connectivity index (χ2n) is 3.37. The fraction of sp³-hybridized carbons (Fsp3) is 0.778. The van der Waals surface area contributed by atoms with E-state index < -0.39 is 0 Å². The van der Waals surface area contributed by atoms with Gasteiger partial charge in [0.1, 0.15) is 0 Å². The van der Waals surface area contributed by atoms with Gasteiger partial charge in [-0.25, -0.2) is 0 Å². The second kappa shape index (κ2) is 4.37. The van der Waals surface area contributed by atoms with Gasteiger partial charge in [0.05, 0.1) is 0 Å². The van der Waals surface area contributed by atoms with Crippen molar-refractivity contribution in [3.05, 3.63) is 0 Å². The van der Waals surface area contributed by atoms with Gasteiger partial charge in [0.15, 0.2) is 0 Å². The number of hydrogen-bond acceptors (Lipinski definition) is 3. The Kier molecular flexibility index (Phi) is 3.42. The van der Waals surface area contributed by atoms with Crippen LogP contribution in [0.5, 0.6) is 0 Å². The minimum absolute atomic E-state index is 0.0605. The molecule has 1 N–H and O–H groups in total. The van der Waals surface area contributed by atoms with Crippen molar-refractivity contribution >= 4 is 11.8 Å². The van der Waals surface area contributed by atoms with E-state index in [0.717, 1.165) is 0 Å². The molecule has 4 heteroatoms. The number of aliphatic hydroxyl groups excluding tert-OH is 1. The van der Waals surface area contributed by atoms with E-state index in [1.54, 1.807) is 0 Å². The molecule has 0 aliphatic carbocycles. The van der Waals surface area contributed by atoms with Crippen LogP contribution >= 0.6 is 0 Å². The van der Waals surface area contributed by atoms with Crippen molar-refractivity contribution in [2.45, 2.75) is 38.6 Å². The Morgan fingerprint density at radius 1 is 1.38 bits per heavy atom. The Balaban J connectivity index is 2.49. The van der Waals surface area contributed by atoms with Gasteiger partial charge >= 0.3 is 0 Å². The molecule has 0 spiro atoms. The number of nitrogens with zero attached hydrogens (tertiary/aromatic N) is 1. The molecule has 1 unspecified atom stereocenters. The summed E-state index contributed by atoms with van der Waals surface area (Å²) in [5, 5.41) is 8.60. The van der Waals surface area contributed by atoms with E-state index in [1.807, 2.05) is 6.92 Å². The van der Waals surface area contributed by atoms with Gasteiger partial charge in [-0.3, -0.25) is 14.5 Å². The highest BCUT2D eigenvalue weighted by molar-refractivity contribution is 6.02. The molecule has 0 saturated carbocycles. The van der Waals surface area contributed by atoms with Crippen LogP contribution in [0.3, 0.4) is 0 Å². The molecular formula is C9H15NO3. The zero-order chi connectivity index (χ0) is 9.84. The first-order valence-electron chi connectivity index (χ1n) is 4.62. The van der Waals surface area contributed by atoms with Gasteiger partial charge in [0, 0.05) is 25.5 Å². The molecule has 0 aromatic carbocycles. The summed E-state index contributed by atoms with van der Waals surface area (Å²) in [7, 11) is 0. The highest BCUT2D eigenvalue weighted by Crippen LogP contribution is 2.17. The third-order valence-corrected chi connectivity index (χ3v) is 2.31. The molecule has 4 nitrogen and oxygen atoms in total. The van der Waals surface area contributed by atoms with Crippen LogP contribution in [-0.4, -0.2) is 34.5 Å². The number of aliphatic hydroxyl groups is 1. The van der Waals surface area contributed by atoms with Crippen molar-refractivity contribution in [3.8, 4) is 0 Å². The van der Waals surface area contributed by atoms with Crippen molar-refractivity contribution in [2.75, 3.05) is 6.61 Å². The maximum atomic E-state index is 11.2. The summed E-state index contributed by atoms with van der Waals surface area (Å²) in [4.78, 5) is 23.8. The molecule has 0 aromatic rings. The predicted octanol–water partition coefficient (Wildman–Crippen LogP) is 0.296. The van der Waals surface area contributed by atoms with Gasteiger partial charge in [-0.05, 0) is 19.8 Å². The first kappa shape index (κ1) is 10.2.